The third kappa shape index (κ3) is 9.47. The first-order valence-corrected chi connectivity index (χ1v) is 8.46. The monoisotopic (exact) mass is 337 g/mol. The van der Waals surface area contributed by atoms with Crippen molar-refractivity contribution >= 4 is 0 Å². The van der Waals surface area contributed by atoms with Crippen molar-refractivity contribution in [3.05, 3.63) is 35.0 Å². The molecule has 1 rings (SSSR count). The minimum absolute atomic E-state index is 0.248. The summed E-state index contributed by atoms with van der Waals surface area (Å²) in [5, 5.41) is 28.7. The molecule has 1 aromatic carbocycles. The normalized spacial score (nSPS) is 14.0. The molecule has 1 aromatic rings. The van der Waals surface area contributed by atoms with Crippen LogP contribution >= 0.6 is 0 Å². The van der Waals surface area contributed by atoms with Crippen LogP contribution in [0.2, 0.25) is 0 Å². The first-order valence-electron chi connectivity index (χ1n) is 8.46. The van der Waals surface area contributed by atoms with Crippen LogP contribution in [0.4, 0.5) is 0 Å². The van der Waals surface area contributed by atoms with Gasteiger partial charge in [0, 0.05) is 19.0 Å². The van der Waals surface area contributed by atoms with Gasteiger partial charge in [0.05, 0.1) is 0 Å². The number of aliphatic hydroxyl groups is 1. The van der Waals surface area contributed by atoms with Crippen molar-refractivity contribution in [2.75, 3.05) is 19.7 Å². The van der Waals surface area contributed by atoms with Crippen molar-refractivity contribution < 1.29 is 14.7 Å². The average Bonchev–Trinajstić information content (AvgIpc) is 2.48. The molecule has 1 atom stereocenters. The molecule has 0 saturated heterocycles. The Kier molecular flexibility index (Phi) is 8.15. The maximum Gasteiger partial charge on any atom is 0.184 e. The highest BCUT2D eigenvalue weighted by atomic mass is 16.5. The minimum Gasteiger partial charge on any atom is -0.600 e. The molecule has 0 saturated carbocycles. The van der Waals surface area contributed by atoms with E-state index in [2.05, 4.69) is 10.4 Å². The van der Waals surface area contributed by atoms with Gasteiger partial charge in [0.2, 0.25) is 0 Å². The molecule has 0 aromatic heterocycles. The van der Waals surface area contributed by atoms with Crippen molar-refractivity contribution in [2.24, 2.45) is 5.11 Å². The summed E-state index contributed by atoms with van der Waals surface area (Å²) in [7, 11) is 0. The van der Waals surface area contributed by atoms with Gasteiger partial charge < -0.3 is 20.4 Å². The van der Waals surface area contributed by atoms with E-state index in [1.165, 1.54) is 0 Å². The number of rotatable bonds is 9. The summed E-state index contributed by atoms with van der Waals surface area (Å²) >= 11 is 0. The summed E-state index contributed by atoms with van der Waals surface area (Å²) < 4.78 is 5.57. The quantitative estimate of drug-likeness (QED) is 0.412. The molecule has 1 unspecified atom stereocenters. The molecular weight excluding hydrogens is 306 g/mol. The topological polar surface area (TPSA) is 79.9 Å². The summed E-state index contributed by atoms with van der Waals surface area (Å²) in [5.41, 5.74) is 0.694. The van der Waals surface area contributed by atoms with Gasteiger partial charge in [-0.3, -0.25) is 0 Å². The lowest BCUT2D eigenvalue weighted by Gasteiger charge is -2.15. The van der Waals surface area contributed by atoms with E-state index in [4.69, 9.17) is 4.74 Å². The number of nitrogens with zero attached hydrogens (tertiary/aromatic N) is 2. The number of ether oxygens (including phenoxy) is 1. The summed E-state index contributed by atoms with van der Waals surface area (Å²) in [6.45, 7) is 10.8. The number of hydrogen-bond acceptors (Lipinski definition) is 5. The predicted octanol–water partition coefficient (Wildman–Crippen LogP) is 2.73. The Balaban J connectivity index is 2.39. The Morgan fingerprint density at radius 2 is 1.88 bits per heavy atom. The summed E-state index contributed by atoms with van der Waals surface area (Å²) in [6, 6.07) is 7.91. The van der Waals surface area contributed by atoms with E-state index < -0.39 is 6.10 Å². The lowest BCUT2D eigenvalue weighted by atomic mass is 10.1. The predicted molar refractivity (Wildman–Crippen MR) is 95.5 cm³/mol. The van der Waals surface area contributed by atoms with Gasteiger partial charge in [-0.1, -0.05) is 30.8 Å². The molecule has 0 aliphatic carbocycles. The largest absolute Gasteiger partial charge is 0.600 e. The number of hydroxylamine groups is 1. The van der Waals surface area contributed by atoms with Crippen LogP contribution in [-0.4, -0.2) is 47.3 Å². The molecule has 2 N–H and O–H groups in total. The van der Waals surface area contributed by atoms with Gasteiger partial charge in [-0.2, -0.15) is 0 Å². The fourth-order valence-electron chi connectivity index (χ4n) is 1.98. The molecule has 0 amide bonds. The van der Waals surface area contributed by atoms with Crippen LogP contribution in [0.25, 0.3) is 0 Å². The number of nitrogens with one attached hydrogen (secondary N) is 1. The second-order valence-corrected chi connectivity index (χ2v) is 7.27. The SMILES string of the molecule is CC(C)NCC(O)COc1ccc(CC[N+]([O-])=NC(C)(C)C)cc1. The Morgan fingerprint density at radius 1 is 1.25 bits per heavy atom. The number of azo groups is 1. The molecule has 0 spiro atoms. The molecule has 6 heteroatoms. The van der Waals surface area contributed by atoms with Gasteiger partial charge in [0.1, 0.15) is 24.0 Å². The fraction of sp³-hybridized carbons (Fsp3) is 0.667. The summed E-state index contributed by atoms with van der Waals surface area (Å²) in [4.78, 5) is 0.752. The highest BCUT2D eigenvalue weighted by Crippen LogP contribution is 2.13. The maximum atomic E-state index is 11.7. The van der Waals surface area contributed by atoms with E-state index in [1.807, 2.05) is 58.9 Å². The summed E-state index contributed by atoms with van der Waals surface area (Å²) in [6.07, 6.45) is 0.0877. The second-order valence-electron chi connectivity index (χ2n) is 7.27. The number of benzene rings is 1. The van der Waals surface area contributed by atoms with E-state index in [0.29, 0.717) is 31.3 Å². The zero-order valence-corrected chi connectivity index (χ0v) is 15.5. The lowest BCUT2D eigenvalue weighted by Crippen LogP contribution is -2.35. The Labute approximate surface area is 145 Å². The molecule has 24 heavy (non-hydrogen) atoms. The van der Waals surface area contributed by atoms with E-state index in [-0.39, 0.29) is 12.1 Å². The molecule has 0 radical (unpaired) electrons. The Hall–Kier alpha value is -1.66. The van der Waals surface area contributed by atoms with E-state index in [9.17, 15) is 10.3 Å². The van der Waals surface area contributed by atoms with Crippen LogP contribution in [-0.2, 0) is 6.42 Å². The average molecular weight is 337 g/mol. The lowest BCUT2D eigenvalue weighted by molar-refractivity contribution is -0.535. The van der Waals surface area contributed by atoms with Gasteiger partial charge in [-0.15, -0.1) is 0 Å². The number of aliphatic hydroxyl groups excluding tert-OH is 1. The van der Waals surface area contributed by atoms with Crippen molar-refractivity contribution in [2.45, 2.75) is 58.7 Å². The molecule has 0 aliphatic heterocycles. The van der Waals surface area contributed by atoms with Crippen LogP contribution < -0.4 is 10.1 Å². The van der Waals surface area contributed by atoms with Crippen LogP contribution in [0, 0.1) is 5.21 Å². The second kappa shape index (κ2) is 9.59. The van der Waals surface area contributed by atoms with Gasteiger partial charge in [0.25, 0.3) is 0 Å². The first-order chi connectivity index (χ1) is 11.2. The Morgan fingerprint density at radius 3 is 2.42 bits per heavy atom. The molecule has 0 aliphatic rings. The third-order valence-corrected chi connectivity index (χ3v) is 3.13. The third-order valence-electron chi connectivity index (χ3n) is 3.13. The van der Waals surface area contributed by atoms with Crippen molar-refractivity contribution in [1.82, 2.24) is 5.32 Å². The molecular formula is C18H31N3O3. The molecule has 0 fully saturated rings. The highest BCUT2D eigenvalue weighted by molar-refractivity contribution is 5.27. The summed E-state index contributed by atoms with van der Waals surface area (Å²) in [5.74, 6) is 0.709. The van der Waals surface area contributed by atoms with E-state index in [0.717, 1.165) is 10.4 Å². The van der Waals surface area contributed by atoms with Gasteiger partial charge in [-0.05, 0) is 43.6 Å². The van der Waals surface area contributed by atoms with E-state index in [1.54, 1.807) is 0 Å². The molecule has 136 valence electrons. The molecule has 0 heterocycles. The molecule has 0 bridgehead atoms. The van der Waals surface area contributed by atoms with Crippen LogP contribution in [0.5, 0.6) is 5.75 Å². The van der Waals surface area contributed by atoms with Crippen molar-refractivity contribution in [3.63, 3.8) is 0 Å². The maximum absolute atomic E-state index is 11.7. The smallest absolute Gasteiger partial charge is 0.184 e. The van der Waals surface area contributed by atoms with Crippen molar-refractivity contribution in [3.8, 4) is 5.75 Å². The zero-order chi connectivity index (χ0) is 18.2. The highest BCUT2D eigenvalue weighted by Gasteiger charge is 2.13. The van der Waals surface area contributed by atoms with Gasteiger partial charge in [0.15, 0.2) is 6.54 Å². The van der Waals surface area contributed by atoms with Gasteiger partial charge in [-0.25, -0.2) is 0 Å². The van der Waals surface area contributed by atoms with Crippen LogP contribution in [0.1, 0.15) is 40.2 Å². The molecule has 6 nitrogen and oxygen atoms in total. The van der Waals surface area contributed by atoms with Crippen LogP contribution in [0.3, 0.4) is 0 Å². The standard InChI is InChI=1S/C18H31N3O3/c1-14(2)19-12-16(22)13-24-17-8-6-15(7-9-17)10-11-21(23)20-18(3,4)5/h6-9,14,16,19,22H,10-13H2,1-5H3. The number of hydrogen-bond donors (Lipinski definition) is 2. The van der Waals surface area contributed by atoms with Crippen molar-refractivity contribution in [1.29, 1.82) is 0 Å². The first kappa shape index (κ1) is 20.4. The van der Waals surface area contributed by atoms with E-state index >= 15 is 0 Å². The Bertz CT molecular complexity index is 507. The van der Waals surface area contributed by atoms with Gasteiger partial charge >= 0.3 is 0 Å². The van der Waals surface area contributed by atoms with Crippen LogP contribution in [0.15, 0.2) is 29.4 Å². The minimum atomic E-state index is -0.542. The fourth-order valence-corrected chi connectivity index (χ4v) is 1.98. The zero-order valence-electron chi connectivity index (χ0n) is 15.5.